The Bertz CT molecular complexity index is 391. The Balaban J connectivity index is 2.84. The van der Waals surface area contributed by atoms with Gasteiger partial charge in [0, 0.05) is 12.3 Å². The Hall–Kier alpha value is -1.62. The molecule has 0 aliphatic rings. The number of ether oxygens (including phenoxy) is 2. The van der Waals surface area contributed by atoms with Crippen LogP contribution in [0.1, 0.15) is 38.4 Å². The zero-order valence-corrected chi connectivity index (χ0v) is 11.6. The van der Waals surface area contributed by atoms with E-state index in [1.807, 2.05) is 6.92 Å². The van der Waals surface area contributed by atoms with Gasteiger partial charge in [0.05, 0.1) is 25.7 Å². The zero-order valence-electron chi connectivity index (χ0n) is 11.6. The molecular formula is C14H21NO4. The van der Waals surface area contributed by atoms with Crippen molar-refractivity contribution in [3.05, 3.63) is 23.9 Å². The fourth-order valence-electron chi connectivity index (χ4n) is 1.88. The standard InChI is InChI=1S/C14H21NO4/c1-4-6-11(14(17)19-5-2)13(16)10-7-8-12(18-3)15-9-10/h7-9,11,13,16H,4-6H2,1-3H3. The minimum Gasteiger partial charge on any atom is -0.481 e. The Morgan fingerprint density at radius 2 is 2.16 bits per heavy atom. The fraction of sp³-hybridized carbons (Fsp3) is 0.571. The summed E-state index contributed by atoms with van der Waals surface area (Å²) in [6, 6.07) is 3.37. The topological polar surface area (TPSA) is 68.7 Å². The van der Waals surface area contributed by atoms with Crippen molar-refractivity contribution >= 4 is 5.97 Å². The van der Waals surface area contributed by atoms with E-state index in [-0.39, 0.29) is 5.97 Å². The molecule has 1 heterocycles. The van der Waals surface area contributed by atoms with Gasteiger partial charge < -0.3 is 14.6 Å². The molecule has 0 amide bonds. The molecule has 0 aliphatic heterocycles. The van der Waals surface area contributed by atoms with Crippen LogP contribution < -0.4 is 4.74 Å². The molecule has 2 unspecified atom stereocenters. The number of aliphatic hydroxyl groups is 1. The lowest BCUT2D eigenvalue weighted by Gasteiger charge is -2.21. The highest BCUT2D eigenvalue weighted by Gasteiger charge is 2.28. The molecule has 0 radical (unpaired) electrons. The largest absolute Gasteiger partial charge is 0.481 e. The number of aliphatic hydroxyl groups excluding tert-OH is 1. The summed E-state index contributed by atoms with van der Waals surface area (Å²) in [5.41, 5.74) is 0.590. The molecule has 2 atom stereocenters. The number of pyridine rings is 1. The van der Waals surface area contributed by atoms with Crippen molar-refractivity contribution in [2.75, 3.05) is 13.7 Å². The molecular weight excluding hydrogens is 246 g/mol. The summed E-state index contributed by atoms with van der Waals surface area (Å²) >= 11 is 0. The molecule has 0 aromatic carbocycles. The molecule has 19 heavy (non-hydrogen) atoms. The molecule has 0 saturated heterocycles. The number of hydrogen-bond donors (Lipinski definition) is 1. The normalized spacial score (nSPS) is 13.7. The first-order valence-corrected chi connectivity index (χ1v) is 6.48. The summed E-state index contributed by atoms with van der Waals surface area (Å²) in [6.45, 7) is 4.03. The smallest absolute Gasteiger partial charge is 0.311 e. The van der Waals surface area contributed by atoms with Crippen LogP contribution in [0, 0.1) is 5.92 Å². The van der Waals surface area contributed by atoms with Crippen molar-refractivity contribution in [1.82, 2.24) is 4.98 Å². The van der Waals surface area contributed by atoms with Gasteiger partial charge in [-0.3, -0.25) is 4.79 Å². The van der Waals surface area contributed by atoms with E-state index < -0.39 is 12.0 Å². The molecule has 0 saturated carbocycles. The Morgan fingerprint density at radius 3 is 2.63 bits per heavy atom. The maximum absolute atomic E-state index is 11.8. The van der Waals surface area contributed by atoms with Crippen molar-refractivity contribution in [2.24, 2.45) is 5.92 Å². The number of aromatic nitrogens is 1. The first kappa shape index (κ1) is 15.4. The van der Waals surface area contributed by atoms with Crippen LogP contribution >= 0.6 is 0 Å². The quantitative estimate of drug-likeness (QED) is 0.766. The molecule has 0 aliphatic carbocycles. The van der Waals surface area contributed by atoms with E-state index in [1.165, 1.54) is 13.3 Å². The minimum atomic E-state index is -0.905. The third kappa shape index (κ3) is 4.21. The molecule has 1 N–H and O–H groups in total. The van der Waals surface area contributed by atoms with Gasteiger partial charge in [-0.05, 0) is 25.0 Å². The van der Waals surface area contributed by atoms with E-state index in [2.05, 4.69) is 4.98 Å². The average molecular weight is 267 g/mol. The predicted octanol–water partition coefficient (Wildman–Crippen LogP) is 2.10. The van der Waals surface area contributed by atoms with Crippen LogP contribution in [0.15, 0.2) is 18.3 Å². The van der Waals surface area contributed by atoms with Crippen molar-refractivity contribution < 1.29 is 19.4 Å². The van der Waals surface area contributed by atoms with E-state index >= 15 is 0 Å². The second-order valence-corrected chi connectivity index (χ2v) is 4.23. The monoisotopic (exact) mass is 267 g/mol. The average Bonchev–Trinajstić information content (AvgIpc) is 2.44. The SMILES string of the molecule is CCCC(C(=O)OCC)C(O)c1ccc(OC)nc1. The second-order valence-electron chi connectivity index (χ2n) is 4.23. The second kappa shape index (κ2) is 7.74. The summed E-state index contributed by atoms with van der Waals surface area (Å²) < 4.78 is 9.96. The summed E-state index contributed by atoms with van der Waals surface area (Å²) in [5.74, 6) is -0.452. The van der Waals surface area contributed by atoms with Crippen LogP contribution in [0.25, 0.3) is 0 Å². The Labute approximate surface area is 113 Å². The third-order valence-electron chi connectivity index (χ3n) is 2.88. The maximum Gasteiger partial charge on any atom is 0.311 e. The van der Waals surface area contributed by atoms with Gasteiger partial charge in [-0.25, -0.2) is 4.98 Å². The van der Waals surface area contributed by atoms with Crippen LogP contribution in [-0.4, -0.2) is 29.8 Å². The third-order valence-corrected chi connectivity index (χ3v) is 2.88. The van der Waals surface area contributed by atoms with Crippen molar-refractivity contribution in [3.8, 4) is 5.88 Å². The first-order chi connectivity index (χ1) is 9.13. The van der Waals surface area contributed by atoms with Gasteiger partial charge in [-0.2, -0.15) is 0 Å². The molecule has 5 nitrogen and oxygen atoms in total. The summed E-state index contributed by atoms with van der Waals surface area (Å²) in [4.78, 5) is 15.9. The maximum atomic E-state index is 11.8. The highest BCUT2D eigenvalue weighted by molar-refractivity contribution is 5.73. The molecule has 1 aromatic heterocycles. The first-order valence-electron chi connectivity index (χ1n) is 6.48. The lowest BCUT2D eigenvalue weighted by molar-refractivity contribution is -0.152. The lowest BCUT2D eigenvalue weighted by Crippen LogP contribution is -2.24. The van der Waals surface area contributed by atoms with Gasteiger partial charge in [0.2, 0.25) is 5.88 Å². The van der Waals surface area contributed by atoms with Crippen LogP contribution in [0.5, 0.6) is 5.88 Å². The van der Waals surface area contributed by atoms with Gasteiger partial charge in [-0.1, -0.05) is 13.3 Å². The number of methoxy groups -OCH3 is 1. The molecule has 5 heteroatoms. The van der Waals surface area contributed by atoms with E-state index in [1.54, 1.807) is 19.1 Å². The van der Waals surface area contributed by atoms with Crippen LogP contribution in [0.3, 0.4) is 0 Å². The highest BCUT2D eigenvalue weighted by atomic mass is 16.5. The number of hydrogen-bond acceptors (Lipinski definition) is 5. The number of carbonyl (C=O) groups is 1. The lowest BCUT2D eigenvalue weighted by atomic mass is 9.93. The van der Waals surface area contributed by atoms with E-state index in [0.717, 1.165) is 6.42 Å². The fourth-order valence-corrected chi connectivity index (χ4v) is 1.88. The van der Waals surface area contributed by atoms with Gasteiger partial charge in [0.15, 0.2) is 0 Å². The Morgan fingerprint density at radius 1 is 1.42 bits per heavy atom. The number of carbonyl (C=O) groups excluding carboxylic acids is 1. The summed E-state index contributed by atoms with van der Waals surface area (Å²) in [5, 5.41) is 10.3. The predicted molar refractivity (Wildman–Crippen MR) is 70.8 cm³/mol. The molecule has 0 bridgehead atoms. The van der Waals surface area contributed by atoms with E-state index in [9.17, 15) is 9.90 Å². The minimum absolute atomic E-state index is 0.312. The van der Waals surface area contributed by atoms with Crippen LogP contribution in [0.2, 0.25) is 0 Å². The van der Waals surface area contributed by atoms with Crippen LogP contribution in [-0.2, 0) is 9.53 Å². The van der Waals surface area contributed by atoms with Crippen molar-refractivity contribution in [3.63, 3.8) is 0 Å². The van der Waals surface area contributed by atoms with Crippen LogP contribution in [0.4, 0.5) is 0 Å². The Kier molecular flexibility index (Phi) is 6.29. The van der Waals surface area contributed by atoms with Crippen molar-refractivity contribution in [1.29, 1.82) is 0 Å². The number of nitrogens with zero attached hydrogens (tertiary/aromatic N) is 1. The molecule has 0 spiro atoms. The zero-order chi connectivity index (χ0) is 14.3. The van der Waals surface area contributed by atoms with Gasteiger partial charge in [-0.15, -0.1) is 0 Å². The molecule has 1 rings (SSSR count). The highest BCUT2D eigenvalue weighted by Crippen LogP contribution is 2.27. The number of rotatable bonds is 7. The van der Waals surface area contributed by atoms with Gasteiger partial charge >= 0.3 is 5.97 Å². The molecule has 0 fully saturated rings. The van der Waals surface area contributed by atoms with E-state index in [0.29, 0.717) is 24.5 Å². The van der Waals surface area contributed by atoms with Gasteiger partial charge in [0.1, 0.15) is 0 Å². The van der Waals surface area contributed by atoms with Crippen molar-refractivity contribution in [2.45, 2.75) is 32.8 Å². The molecule has 106 valence electrons. The van der Waals surface area contributed by atoms with Gasteiger partial charge in [0.25, 0.3) is 0 Å². The molecule has 1 aromatic rings. The summed E-state index contributed by atoms with van der Waals surface area (Å²) in [7, 11) is 1.52. The number of esters is 1. The van der Waals surface area contributed by atoms with E-state index in [4.69, 9.17) is 9.47 Å². The summed E-state index contributed by atoms with van der Waals surface area (Å²) in [6.07, 6.45) is 1.99.